The van der Waals surface area contributed by atoms with Crippen LogP contribution in [0.25, 0.3) is 21.6 Å². The van der Waals surface area contributed by atoms with Crippen molar-refractivity contribution in [2.75, 3.05) is 16.8 Å². The molecule has 7 nitrogen and oxygen atoms in total. The van der Waals surface area contributed by atoms with Crippen LogP contribution < -0.4 is 20.3 Å². The first kappa shape index (κ1) is 20.8. The number of hydrogen-bond acceptors (Lipinski definition) is 5. The van der Waals surface area contributed by atoms with E-state index in [0.29, 0.717) is 37.5 Å². The highest BCUT2D eigenvalue weighted by atomic mass is 79.9. The van der Waals surface area contributed by atoms with Crippen molar-refractivity contribution < 1.29 is 9.59 Å². The minimum absolute atomic E-state index is 0.175. The molecule has 3 aromatic carbocycles. The Kier molecular flexibility index (Phi) is 4.82. The summed E-state index contributed by atoms with van der Waals surface area (Å²) in [6.07, 6.45) is 0. The molecule has 1 N–H and O–H groups in total. The normalized spacial score (nSPS) is 14.7. The lowest BCUT2D eigenvalue weighted by atomic mass is 10.1. The van der Waals surface area contributed by atoms with Crippen LogP contribution in [0.2, 0.25) is 0 Å². The number of benzene rings is 3. The van der Waals surface area contributed by atoms with E-state index in [4.69, 9.17) is 0 Å². The summed E-state index contributed by atoms with van der Waals surface area (Å²) in [5.41, 5.74) is 3.30. The molecule has 0 atom stereocenters. The Hall–Kier alpha value is -3.82. The molecule has 0 saturated heterocycles. The molecule has 34 heavy (non-hydrogen) atoms. The van der Waals surface area contributed by atoms with Gasteiger partial charge in [0.25, 0.3) is 11.5 Å². The highest BCUT2D eigenvalue weighted by molar-refractivity contribution is 9.10. The Balaban J connectivity index is 1.45. The third kappa shape index (κ3) is 3.24. The fourth-order valence-corrected chi connectivity index (χ4v) is 5.71. The quantitative estimate of drug-likeness (QED) is 0.386. The lowest BCUT2D eigenvalue weighted by Gasteiger charge is -2.16. The molecule has 9 heteroatoms. The average Bonchev–Trinajstić information content (AvgIpc) is 3.43. The first-order valence-corrected chi connectivity index (χ1v) is 12.0. The Morgan fingerprint density at radius 2 is 1.79 bits per heavy atom. The Morgan fingerprint density at radius 1 is 1.00 bits per heavy atom. The van der Waals surface area contributed by atoms with Crippen LogP contribution in [-0.2, 0) is 9.59 Å². The molecule has 0 unspecified atom stereocenters. The van der Waals surface area contributed by atoms with Gasteiger partial charge in [-0.3, -0.25) is 19.3 Å². The fraction of sp³-hybridized carbons (Fsp3) is 0.0400. The largest absolute Gasteiger partial charge is 0.324 e. The van der Waals surface area contributed by atoms with E-state index in [-0.39, 0.29) is 23.9 Å². The summed E-state index contributed by atoms with van der Waals surface area (Å²) in [7, 11) is 0. The number of aromatic nitrogens is 2. The molecule has 1 aliphatic rings. The first-order chi connectivity index (χ1) is 16.5. The van der Waals surface area contributed by atoms with Gasteiger partial charge in [0.2, 0.25) is 5.91 Å². The Morgan fingerprint density at radius 3 is 2.65 bits per heavy atom. The second-order valence-corrected chi connectivity index (χ2v) is 9.69. The third-order valence-electron chi connectivity index (χ3n) is 5.68. The highest BCUT2D eigenvalue weighted by Gasteiger charge is 2.35. The molecule has 0 aliphatic carbocycles. The van der Waals surface area contributed by atoms with Crippen LogP contribution in [0.15, 0.2) is 82.1 Å². The van der Waals surface area contributed by atoms with E-state index >= 15 is 0 Å². The lowest BCUT2D eigenvalue weighted by Crippen LogP contribution is -2.37. The van der Waals surface area contributed by atoms with Crippen LogP contribution in [0.5, 0.6) is 0 Å². The van der Waals surface area contributed by atoms with E-state index < -0.39 is 0 Å². The smallest absolute Gasteiger partial charge is 0.275 e. The second-order valence-electron chi connectivity index (χ2n) is 7.80. The Bertz CT molecular complexity index is 1760. The molecule has 0 fully saturated rings. The molecule has 6 rings (SSSR count). The number of fused-ring (bicyclic) bond motifs is 4. The Labute approximate surface area is 205 Å². The number of para-hydroxylation sites is 3. The summed E-state index contributed by atoms with van der Waals surface area (Å²) >= 11 is 4.57. The number of halogens is 1. The van der Waals surface area contributed by atoms with E-state index in [1.165, 1.54) is 16.2 Å². The summed E-state index contributed by atoms with van der Waals surface area (Å²) in [4.78, 5) is 46.2. The van der Waals surface area contributed by atoms with Gasteiger partial charge in [-0.05, 0) is 36.4 Å². The molecule has 0 saturated carbocycles. The molecule has 166 valence electrons. The van der Waals surface area contributed by atoms with Gasteiger partial charge in [0.1, 0.15) is 11.1 Å². The van der Waals surface area contributed by atoms with Crippen molar-refractivity contribution in [3.63, 3.8) is 0 Å². The zero-order valence-electron chi connectivity index (χ0n) is 17.5. The number of anilines is 2. The van der Waals surface area contributed by atoms with Crippen LogP contribution >= 0.6 is 27.3 Å². The summed E-state index contributed by atoms with van der Waals surface area (Å²) in [6, 6.07) is 21.8. The van der Waals surface area contributed by atoms with Gasteiger partial charge in [-0.15, -0.1) is 0 Å². The van der Waals surface area contributed by atoms with Crippen molar-refractivity contribution in [2.45, 2.75) is 0 Å². The van der Waals surface area contributed by atoms with E-state index in [0.717, 1.165) is 9.99 Å². The average molecular weight is 531 g/mol. The van der Waals surface area contributed by atoms with Crippen molar-refractivity contribution in [3.8, 4) is 0 Å². The van der Waals surface area contributed by atoms with Gasteiger partial charge in [0.05, 0.1) is 22.3 Å². The maximum absolute atomic E-state index is 13.6. The van der Waals surface area contributed by atoms with Gasteiger partial charge in [0.15, 0.2) is 4.96 Å². The van der Waals surface area contributed by atoms with Crippen LogP contribution in [0.4, 0.5) is 11.4 Å². The summed E-state index contributed by atoms with van der Waals surface area (Å²) in [6.45, 7) is -0.175. The number of carbonyl (C=O) groups excluding carboxylic acids is 2. The summed E-state index contributed by atoms with van der Waals surface area (Å²) in [5.74, 6) is -0.715. The van der Waals surface area contributed by atoms with Crippen molar-refractivity contribution >= 4 is 72.0 Å². The van der Waals surface area contributed by atoms with Gasteiger partial charge < -0.3 is 5.32 Å². The number of carbonyl (C=O) groups is 2. The monoisotopic (exact) mass is 530 g/mol. The predicted molar refractivity (Wildman–Crippen MR) is 136 cm³/mol. The molecule has 0 bridgehead atoms. The molecule has 0 spiro atoms. The topological polar surface area (TPSA) is 83.8 Å². The number of rotatable bonds is 3. The maximum atomic E-state index is 13.6. The van der Waals surface area contributed by atoms with Gasteiger partial charge in [0, 0.05) is 15.7 Å². The number of amides is 2. The van der Waals surface area contributed by atoms with E-state index in [2.05, 4.69) is 26.2 Å². The number of imidazole rings is 1. The van der Waals surface area contributed by atoms with E-state index in [1.54, 1.807) is 34.7 Å². The van der Waals surface area contributed by atoms with Gasteiger partial charge in [-0.1, -0.05) is 63.7 Å². The van der Waals surface area contributed by atoms with Crippen molar-refractivity contribution in [1.29, 1.82) is 0 Å². The molecule has 0 radical (unpaired) electrons. The van der Waals surface area contributed by atoms with Crippen LogP contribution in [-0.4, -0.2) is 27.7 Å². The predicted octanol–water partition coefficient (Wildman–Crippen LogP) is 3.57. The molecule has 3 heterocycles. The van der Waals surface area contributed by atoms with Gasteiger partial charge >= 0.3 is 0 Å². The van der Waals surface area contributed by atoms with E-state index in [9.17, 15) is 14.4 Å². The SMILES string of the molecule is O=C(CN1C(=O)/C(=c2/sc3nc4ccccc4n3c2=O)c2ccccc21)Nc1cccc(Br)c1. The molecule has 1 aliphatic heterocycles. The van der Waals surface area contributed by atoms with Crippen LogP contribution in [0.3, 0.4) is 0 Å². The van der Waals surface area contributed by atoms with E-state index in [1.807, 2.05) is 42.5 Å². The lowest BCUT2D eigenvalue weighted by molar-refractivity contribution is -0.118. The van der Waals surface area contributed by atoms with Crippen LogP contribution in [0.1, 0.15) is 5.56 Å². The molecular formula is C25H15BrN4O3S. The minimum atomic E-state index is -0.378. The summed E-state index contributed by atoms with van der Waals surface area (Å²) in [5, 5.41) is 2.82. The molecule has 2 aromatic heterocycles. The molecule has 5 aromatic rings. The minimum Gasteiger partial charge on any atom is -0.324 e. The fourth-order valence-electron chi connectivity index (χ4n) is 4.23. The summed E-state index contributed by atoms with van der Waals surface area (Å²) < 4.78 is 2.70. The highest BCUT2D eigenvalue weighted by Crippen LogP contribution is 2.35. The zero-order valence-corrected chi connectivity index (χ0v) is 19.9. The van der Waals surface area contributed by atoms with Crippen molar-refractivity contribution in [3.05, 3.63) is 97.7 Å². The van der Waals surface area contributed by atoms with Crippen LogP contribution in [0, 0.1) is 0 Å². The zero-order chi connectivity index (χ0) is 23.4. The van der Waals surface area contributed by atoms with Gasteiger partial charge in [-0.25, -0.2) is 9.38 Å². The van der Waals surface area contributed by atoms with Gasteiger partial charge in [-0.2, -0.15) is 0 Å². The number of hydrogen-bond donors (Lipinski definition) is 1. The third-order valence-corrected chi connectivity index (χ3v) is 7.21. The first-order valence-electron chi connectivity index (χ1n) is 10.4. The molecular weight excluding hydrogens is 516 g/mol. The second kappa shape index (κ2) is 7.89. The number of nitrogens with one attached hydrogen (secondary N) is 1. The molecule has 2 amide bonds. The van der Waals surface area contributed by atoms with Crippen molar-refractivity contribution in [2.24, 2.45) is 0 Å². The standard InChI is InChI=1S/C25H15BrN4O3S/c26-14-6-5-7-15(12-14)27-20(31)13-29-18-10-3-1-8-16(18)21(23(29)32)22-24(33)30-19-11-4-2-9-17(19)28-25(30)34-22/h1-12H,13H2,(H,27,31)/b22-21+. The number of nitrogens with zero attached hydrogens (tertiary/aromatic N) is 3. The number of thiazole rings is 1. The maximum Gasteiger partial charge on any atom is 0.275 e. The van der Waals surface area contributed by atoms with Crippen molar-refractivity contribution in [1.82, 2.24) is 9.38 Å².